The second-order valence-electron chi connectivity index (χ2n) is 5.49. The van der Waals surface area contributed by atoms with Crippen LogP contribution in [0.3, 0.4) is 0 Å². The van der Waals surface area contributed by atoms with E-state index in [0.29, 0.717) is 11.4 Å². The molecule has 0 aliphatic rings. The maximum absolute atomic E-state index is 12.1. The summed E-state index contributed by atoms with van der Waals surface area (Å²) in [5, 5.41) is 10.8. The number of carbonyl (C=O) groups is 1. The van der Waals surface area contributed by atoms with E-state index in [0.717, 1.165) is 17.0 Å². The number of para-hydroxylation sites is 1. The Morgan fingerprint density at radius 1 is 1.31 bits per heavy atom. The number of carbonyl (C=O) groups excluding carboxylic acids is 1. The van der Waals surface area contributed by atoms with Crippen LogP contribution in [-0.4, -0.2) is 34.0 Å². The normalized spacial score (nSPS) is 11.3. The van der Waals surface area contributed by atoms with Gasteiger partial charge < -0.3 is 9.30 Å². The zero-order chi connectivity index (χ0) is 18.4. The fraction of sp³-hybridized carbons (Fsp3) is 0.105. The Labute approximate surface area is 151 Å². The molecule has 3 rings (SSSR count). The summed E-state index contributed by atoms with van der Waals surface area (Å²) in [5.74, 6) is 0.409. The molecule has 132 valence electrons. The van der Waals surface area contributed by atoms with Gasteiger partial charge in [0.1, 0.15) is 17.1 Å². The summed E-state index contributed by atoms with van der Waals surface area (Å²) in [7, 11) is 3.54. The first-order chi connectivity index (χ1) is 12.7. The molecule has 7 heteroatoms. The number of hydrogen-bond acceptors (Lipinski definition) is 4. The number of H-pyrrole nitrogens is 1. The van der Waals surface area contributed by atoms with Crippen LogP contribution in [0, 0.1) is 0 Å². The van der Waals surface area contributed by atoms with Crippen molar-refractivity contribution in [3.8, 4) is 17.1 Å². The van der Waals surface area contributed by atoms with Crippen LogP contribution < -0.4 is 10.2 Å². The Morgan fingerprint density at radius 2 is 2.15 bits per heavy atom. The quantitative estimate of drug-likeness (QED) is 0.530. The van der Waals surface area contributed by atoms with Gasteiger partial charge in [0.25, 0.3) is 5.91 Å². The van der Waals surface area contributed by atoms with Crippen molar-refractivity contribution in [1.82, 2.24) is 20.2 Å². The molecule has 0 saturated carbocycles. The van der Waals surface area contributed by atoms with Crippen molar-refractivity contribution < 1.29 is 9.53 Å². The van der Waals surface area contributed by atoms with Crippen LogP contribution in [0.2, 0.25) is 0 Å². The van der Waals surface area contributed by atoms with E-state index in [9.17, 15) is 4.79 Å². The molecule has 2 heterocycles. The number of benzene rings is 1. The zero-order valence-corrected chi connectivity index (χ0v) is 14.5. The van der Waals surface area contributed by atoms with Crippen LogP contribution in [0.5, 0.6) is 5.75 Å². The van der Waals surface area contributed by atoms with Gasteiger partial charge in [0, 0.05) is 25.0 Å². The fourth-order valence-corrected chi connectivity index (χ4v) is 2.45. The highest BCUT2D eigenvalue weighted by molar-refractivity contribution is 5.93. The number of rotatable bonds is 6. The highest BCUT2D eigenvalue weighted by atomic mass is 16.5. The molecule has 0 radical (unpaired) electrons. The Morgan fingerprint density at radius 3 is 2.92 bits per heavy atom. The van der Waals surface area contributed by atoms with Gasteiger partial charge in [-0.15, -0.1) is 0 Å². The summed E-state index contributed by atoms with van der Waals surface area (Å²) in [6, 6.07) is 13.2. The molecule has 0 fully saturated rings. The second-order valence-corrected chi connectivity index (χ2v) is 5.49. The molecule has 0 saturated heterocycles. The number of aryl methyl sites for hydroxylation is 1. The number of nitrogens with zero attached hydrogens (tertiary/aromatic N) is 3. The van der Waals surface area contributed by atoms with Gasteiger partial charge in [-0.1, -0.05) is 18.2 Å². The van der Waals surface area contributed by atoms with E-state index in [2.05, 4.69) is 20.7 Å². The lowest BCUT2D eigenvalue weighted by atomic mass is 10.2. The maximum Gasteiger partial charge on any atom is 0.289 e. The molecule has 0 bridgehead atoms. The maximum atomic E-state index is 12.1. The molecule has 0 aliphatic carbocycles. The van der Waals surface area contributed by atoms with E-state index in [1.165, 1.54) is 6.21 Å². The highest BCUT2D eigenvalue weighted by Gasteiger charge is 2.11. The number of methoxy groups -OCH3 is 1. The van der Waals surface area contributed by atoms with Crippen LogP contribution >= 0.6 is 0 Å². The standard InChI is InChI=1S/C19H19N5O2/c1-24-12-6-9-17(24)15-13-16(22-21-15)19(25)23-20-11-5-8-14-7-3-4-10-18(14)26-2/h3-13H,1-2H3,(H,21,22)(H,23,25)/b8-5+,20-11+. The second kappa shape index (κ2) is 7.98. The number of aromatic nitrogens is 3. The van der Waals surface area contributed by atoms with Crippen molar-refractivity contribution in [2.75, 3.05) is 7.11 Å². The summed E-state index contributed by atoms with van der Waals surface area (Å²) in [5.41, 5.74) is 5.34. The molecule has 0 spiro atoms. The number of hydrogen-bond donors (Lipinski definition) is 2. The van der Waals surface area contributed by atoms with Gasteiger partial charge in [0.2, 0.25) is 0 Å². The third-order valence-corrected chi connectivity index (χ3v) is 3.77. The molecule has 1 amide bonds. The topological polar surface area (TPSA) is 84.3 Å². The van der Waals surface area contributed by atoms with Gasteiger partial charge in [-0.25, -0.2) is 5.43 Å². The molecule has 2 N–H and O–H groups in total. The summed E-state index contributed by atoms with van der Waals surface area (Å²) >= 11 is 0. The monoisotopic (exact) mass is 349 g/mol. The van der Waals surface area contributed by atoms with Crippen LogP contribution in [0.15, 0.2) is 59.8 Å². The van der Waals surface area contributed by atoms with Crippen LogP contribution in [0.1, 0.15) is 16.1 Å². The lowest BCUT2D eigenvalue weighted by molar-refractivity contribution is 0.0950. The van der Waals surface area contributed by atoms with E-state index in [1.54, 1.807) is 19.3 Å². The largest absolute Gasteiger partial charge is 0.496 e. The van der Waals surface area contributed by atoms with Gasteiger partial charge >= 0.3 is 0 Å². The SMILES string of the molecule is COc1ccccc1/C=C/C=N/NC(=O)c1cc(-c2cccn2C)n[nH]1. The third kappa shape index (κ3) is 3.89. The highest BCUT2D eigenvalue weighted by Crippen LogP contribution is 2.18. The number of amides is 1. The zero-order valence-electron chi connectivity index (χ0n) is 14.5. The van der Waals surface area contributed by atoms with Crippen molar-refractivity contribution in [2.24, 2.45) is 12.1 Å². The fourth-order valence-electron chi connectivity index (χ4n) is 2.45. The van der Waals surface area contributed by atoms with Gasteiger partial charge in [0.05, 0.1) is 12.8 Å². The van der Waals surface area contributed by atoms with Crippen LogP contribution in [0.4, 0.5) is 0 Å². The first kappa shape index (κ1) is 17.2. The Hall–Kier alpha value is -3.61. The number of allylic oxidation sites excluding steroid dienone is 1. The van der Waals surface area contributed by atoms with Crippen molar-refractivity contribution in [1.29, 1.82) is 0 Å². The Kier molecular flexibility index (Phi) is 5.28. The lowest BCUT2D eigenvalue weighted by Gasteiger charge is -2.02. The molecule has 0 unspecified atom stereocenters. The van der Waals surface area contributed by atoms with E-state index >= 15 is 0 Å². The van der Waals surface area contributed by atoms with Crippen molar-refractivity contribution >= 4 is 18.2 Å². The minimum Gasteiger partial charge on any atom is -0.496 e. The molecular weight excluding hydrogens is 330 g/mol. The minimum atomic E-state index is -0.361. The summed E-state index contributed by atoms with van der Waals surface area (Å²) in [6.07, 6.45) is 6.99. The first-order valence-electron chi connectivity index (χ1n) is 7.99. The average Bonchev–Trinajstić information content (AvgIpc) is 3.30. The van der Waals surface area contributed by atoms with Gasteiger partial charge in [-0.2, -0.15) is 10.2 Å². The summed E-state index contributed by atoms with van der Waals surface area (Å²) in [4.78, 5) is 12.1. The average molecular weight is 349 g/mol. The third-order valence-electron chi connectivity index (χ3n) is 3.77. The van der Waals surface area contributed by atoms with Crippen molar-refractivity contribution in [2.45, 2.75) is 0 Å². The molecule has 2 aromatic heterocycles. The smallest absolute Gasteiger partial charge is 0.289 e. The van der Waals surface area contributed by atoms with Gasteiger partial charge in [0.15, 0.2) is 0 Å². The molecule has 3 aromatic rings. The number of nitrogens with one attached hydrogen (secondary N) is 2. The molecular formula is C19H19N5O2. The summed E-state index contributed by atoms with van der Waals surface area (Å²) in [6.45, 7) is 0. The lowest BCUT2D eigenvalue weighted by Crippen LogP contribution is -2.17. The van der Waals surface area contributed by atoms with E-state index in [-0.39, 0.29) is 5.91 Å². The van der Waals surface area contributed by atoms with Crippen molar-refractivity contribution in [3.05, 3.63) is 66.0 Å². The van der Waals surface area contributed by atoms with E-state index in [1.807, 2.05) is 60.3 Å². The summed E-state index contributed by atoms with van der Waals surface area (Å²) < 4.78 is 7.19. The number of hydrazone groups is 1. The number of ether oxygens (including phenoxy) is 1. The van der Waals surface area contributed by atoms with E-state index < -0.39 is 0 Å². The number of aromatic amines is 1. The van der Waals surface area contributed by atoms with Gasteiger partial charge in [-0.3, -0.25) is 9.89 Å². The van der Waals surface area contributed by atoms with E-state index in [4.69, 9.17) is 4.74 Å². The molecule has 0 aliphatic heterocycles. The first-order valence-corrected chi connectivity index (χ1v) is 7.99. The molecule has 1 aromatic carbocycles. The van der Waals surface area contributed by atoms with Gasteiger partial charge in [-0.05, 0) is 36.4 Å². The van der Waals surface area contributed by atoms with Crippen LogP contribution in [-0.2, 0) is 7.05 Å². The molecule has 0 atom stereocenters. The van der Waals surface area contributed by atoms with Crippen molar-refractivity contribution in [3.63, 3.8) is 0 Å². The predicted molar refractivity (Wildman–Crippen MR) is 101 cm³/mol. The Balaban J connectivity index is 1.59. The minimum absolute atomic E-state index is 0.340. The molecule has 26 heavy (non-hydrogen) atoms. The predicted octanol–water partition coefficient (Wildman–Crippen LogP) is 2.85. The Bertz CT molecular complexity index is 952. The molecule has 7 nitrogen and oxygen atoms in total. The van der Waals surface area contributed by atoms with Crippen LogP contribution in [0.25, 0.3) is 17.5 Å².